The number of fused-ring (bicyclic) bond motifs is 1. The molecule has 3 nitrogen and oxygen atoms in total. The predicted octanol–water partition coefficient (Wildman–Crippen LogP) is 3.48. The summed E-state index contributed by atoms with van der Waals surface area (Å²) < 4.78 is 0. The van der Waals surface area contributed by atoms with Crippen LogP contribution in [0, 0.1) is 0 Å². The molecule has 0 amide bonds. The Morgan fingerprint density at radius 1 is 1.05 bits per heavy atom. The van der Waals surface area contributed by atoms with Crippen LogP contribution in [0.2, 0.25) is 5.15 Å². The zero-order chi connectivity index (χ0) is 12.5. The van der Waals surface area contributed by atoms with Gasteiger partial charge in [0.1, 0.15) is 11.0 Å². The van der Waals surface area contributed by atoms with Gasteiger partial charge in [0.15, 0.2) is 0 Å². The first kappa shape index (κ1) is 17.3. The molecule has 0 spiro atoms. The van der Waals surface area contributed by atoms with E-state index in [1.165, 1.54) is 5.39 Å². The second-order valence-electron chi connectivity index (χ2n) is 4.78. The Labute approximate surface area is 136 Å². The highest BCUT2D eigenvalue weighted by molar-refractivity contribution is 6.30. The normalized spacial score (nSPS) is 15.6. The van der Waals surface area contributed by atoms with Crippen molar-refractivity contribution in [2.45, 2.75) is 0 Å². The van der Waals surface area contributed by atoms with Crippen LogP contribution in [0.4, 0.5) is 5.82 Å². The molecule has 0 N–H and O–H groups in total. The van der Waals surface area contributed by atoms with Crippen molar-refractivity contribution in [2.24, 2.45) is 0 Å². The number of benzene rings is 1. The lowest BCUT2D eigenvalue weighted by molar-refractivity contribution is 0.312. The van der Waals surface area contributed by atoms with Gasteiger partial charge in [-0.15, -0.1) is 24.8 Å². The summed E-state index contributed by atoms with van der Waals surface area (Å²) in [7, 11) is 2.15. The highest BCUT2D eigenvalue weighted by Crippen LogP contribution is 2.28. The largest absolute Gasteiger partial charge is 0.353 e. The summed E-state index contributed by atoms with van der Waals surface area (Å²) in [4.78, 5) is 9.19. The Hall–Kier alpha value is -0.740. The molecule has 6 heteroatoms. The summed E-state index contributed by atoms with van der Waals surface area (Å²) in [6.07, 6.45) is 0. The lowest BCUT2D eigenvalue weighted by Crippen LogP contribution is -2.44. The van der Waals surface area contributed by atoms with E-state index in [9.17, 15) is 0 Å². The highest BCUT2D eigenvalue weighted by atomic mass is 35.5. The molecule has 1 aliphatic rings. The number of aromatic nitrogens is 1. The van der Waals surface area contributed by atoms with Crippen LogP contribution in [0.3, 0.4) is 0 Å². The third-order valence-electron chi connectivity index (χ3n) is 3.49. The van der Waals surface area contributed by atoms with Crippen LogP contribution in [-0.4, -0.2) is 43.1 Å². The summed E-state index contributed by atoms with van der Waals surface area (Å²) in [6.45, 7) is 4.16. The minimum Gasteiger partial charge on any atom is -0.353 e. The summed E-state index contributed by atoms with van der Waals surface area (Å²) >= 11 is 6.12. The lowest BCUT2D eigenvalue weighted by Gasteiger charge is -2.33. The number of piperazine rings is 1. The highest BCUT2D eigenvalue weighted by Gasteiger charge is 2.17. The van der Waals surface area contributed by atoms with Crippen molar-refractivity contribution in [3.8, 4) is 0 Å². The zero-order valence-corrected chi connectivity index (χ0v) is 13.6. The van der Waals surface area contributed by atoms with Crippen LogP contribution in [0.1, 0.15) is 0 Å². The first-order valence-corrected chi connectivity index (χ1v) is 6.60. The Morgan fingerprint density at radius 2 is 1.70 bits per heavy atom. The molecule has 0 saturated carbocycles. The fourth-order valence-electron chi connectivity index (χ4n) is 2.41. The summed E-state index contributed by atoms with van der Waals surface area (Å²) in [5.74, 6) is 1.02. The zero-order valence-electron chi connectivity index (χ0n) is 11.3. The van der Waals surface area contributed by atoms with Crippen molar-refractivity contribution in [3.63, 3.8) is 0 Å². The van der Waals surface area contributed by atoms with Crippen molar-refractivity contribution in [2.75, 3.05) is 38.1 Å². The maximum Gasteiger partial charge on any atom is 0.138 e. The average molecular weight is 335 g/mol. The minimum atomic E-state index is 0. The molecule has 2 aromatic rings. The predicted molar refractivity (Wildman–Crippen MR) is 91.0 cm³/mol. The van der Waals surface area contributed by atoms with Crippen LogP contribution in [0.25, 0.3) is 10.8 Å². The van der Waals surface area contributed by atoms with E-state index >= 15 is 0 Å². The summed E-state index contributed by atoms with van der Waals surface area (Å²) in [5.41, 5.74) is 0. The summed E-state index contributed by atoms with van der Waals surface area (Å²) in [6, 6.07) is 10.2. The van der Waals surface area contributed by atoms with Crippen LogP contribution >= 0.6 is 36.4 Å². The molecule has 20 heavy (non-hydrogen) atoms. The molecule has 3 rings (SSSR count). The second kappa shape index (κ2) is 7.32. The number of rotatable bonds is 1. The lowest BCUT2D eigenvalue weighted by atomic mass is 10.1. The Balaban J connectivity index is 0.000001000. The van der Waals surface area contributed by atoms with Gasteiger partial charge in [0, 0.05) is 31.6 Å². The van der Waals surface area contributed by atoms with Gasteiger partial charge in [0.2, 0.25) is 0 Å². The second-order valence-corrected chi connectivity index (χ2v) is 5.17. The molecule has 1 fully saturated rings. The third-order valence-corrected chi connectivity index (χ3v) is 3.69. The number of hydrogen-bond donors (Lipinski definition) is 0. The number of nitrogens with zero attached hydrogens (tertiary/aromatic N) is 3. The molecule has 0 unspecified atom stereocenters. The van der Waals surface area contributed by atoms with Crippen LogP contribution in [0.15, 0.2) is 30.3 Å². The van der Waals surface area contributed by atoms with E-state index in [2.05, 4.69) is 40.0 Å². The van der Waals surface area contributed by atoms with Crippen molar-refractivity contribution in [3.05, 3.63) is 35.5 Å². The molecule has 1 saturated heterocycles. The van der Waals surface area contributed by atoms with Gasteiger partial charge in [-0.3, -0.25) is 0 Å². The quantitative estimate of drug-likeness (QED) is 0.744. The number of anilines is 1. The SMILES string of the molecule is CN1CCN(c2nc(Cl)cc3ccccc23)CC1.Cl.Cl. The van der Waals surface area contributed by atoms with Gasteiger partial charge in [-0.1, -0.05) is 35.9 Å². The molecule has 1 aromatic carbocycles. The number of halogens is 3. The van der Waals surface area contributed by atoms with Crippen LogP contribution in [0.5, 0.6) is 0 Å². The Bertz CT molecular complexity index is 569. The van der Waals surface area contributed by atoms with Crippen LogP contribution in [-0.2, 0) is 0 Å². The van der Waals surface area contributed by atoms with Crippen molar-refractivity contribution < 1.29 is 0 Å². The number of likely N-dealkylation sites (N-methyl/N-ethyl adjacent to an activating group) is 1. The topological polar surface area (TPSA) is 19.4 Å². The van der Waals surface area contributed by atoms with E-state index < -0.39 is 0 Å². The molecular formula is C14H18Cl3N3. The fraction of sp³-hybridized carbons (Fsp3) is 0.357. The first-order valence-electron chi connectivity index (χ1n) is 6.23. The van der Waals surface area contributed by atoms with Gasteiger partial charge in [0.05, 0.1) is 0 Å². The van der Waals surface area contributed by atoms with Gasteiger partial charge in [-0.05, 0) is 18.5 Å². The molecule has 1 aromatic heterocycles. The van der Waals surface area contributed by atoms with E-state index in [1.807, 2.05) is 12.1 Å². The van der Waals surface area contributed by atoms with Gasteiger partial charge in [0.25, 0.3) is 0 Å². The van der Waals surface area contributed by atoms with E-state index in [-0.39, 0.29) is 24.8 Å². The number of pyridine rings is 1. The molecule has 0 radical (unpaired) electrons. The van der Waals surface area contributed by atoms with E-state index in [0.717, 1.165) is 37.4 Å². The summed E-state index contributed by atoms with van der Waals surface area (Å²) in [5, 5.41) is 2.92. The van der Waals surface area contributed by atoms with Gasteiger partial charge >= 0.3 is 0 Å². The van der Waals surface area contributed by atoms with E-state index in [1.54, 1.807) is 0 Å². The molecule has 0 atom stereocenters. The molecule has 0 aliphatic carbocycles. The smallest absolute Gasteiger partial charge is 0.138 e. The van der Waals surface area contributed by atoms with Gasteiger partial charge < -0.3 is 9.80 Å². The van der Waals surface area contributed by atoms with Crippen molar-refractivity contribution >= 4 is 53.0 Å². The Kier molecular flexibility index (Phi) is 6.34. The molecule has 2 heterocycles. The third kappa shape index (κ3) is 3.47. The van der Waals surface area contributed by atoms with Crippen molar-refractivity contribution in [1.29, 1.82) is 0 Å². The van der Waals surface area contributed by atoms with E-state index in [0.29, 0.717) is 5.15 Å². The molecular weight excluding hydrogens is 317 g/mol. The number of hydrogen-bond acceptors (Lipinski definition) is 3. The van der Waals surface area contributed by atoms with Gasteiger partial charge in [-0.25, -0.2) is 4.98 Å². The van der Waals surface area contributed by atoms with E-state index in [4.69, 9.17) is 11.6 Å². The minimum absolute atomic E-state index is 0. The Morgan fingerprint density at radius 3 is 2.40 bits per heavy atom. The van der Waals surface area contributed by atoms with Crippen LogP contribution < -0.4 is 4.90 Å². The monoisotopic (exact) mass is 333 g/mol. The van der Waals surface area contributed by atoms with Crippen molar-refractivity contribution in [1.82, 2.24) is 9.88 Å². The average Bonchev–Trinajstić information content (AvgIpc) is 2.38. The standard InChI is InChI=1S/C14H16ClN3.2ClH/c1-17-6-8-18(9-7-17)14-12-5-3-2-4-11(12)10-13(15)16-14;;/h2-5,10H,6-9H2,1H3;2*1H. The first-order chi connectivity index (χ1) is 8.74. The molecule has 1 aliphatic heterocycles. The fourth-order valence-corrected chi connectivity index (χ4v) is 2.61. The maximum absolute atomic E-state index is 6.12. The molecule has 0 bridgehead atoms. The molecule has 110 valence electrons. The van der Waals surface area contributed by atoms with Gasteiger partial charge in [-0.2, -0.15) is 0 Å². The maximum atomic E-state index is 6.12.